The molecule has 19 heavy (non-hydrogen) atoms. The second kappa shape index (κ2) is 5.18. The lowest BCUT2D eigenvalue weighted by atomic mass is 9.99. The van der Waals surface area contributed by atoms with Gasteiger partial charge in [-0.05, 0) is 47.2 Å². The van der Waals surface area contributed by atoms with Crippen LogP contribution in [0.5, 0.6) is 0 Å². The molecule has 1 amide bonds. The minimum absolute atomic E-state index is 0.301. The van der Waals surface area contributed by atoms with Crippen molar-refractivity contribution in [1.29, 1.82) is 0 Å². The van der Waals surface area contributed by atoms with E-state index in [1.165, 1.54) is 6.07 Å². The molecule has 0 unspecified atom stereocenters. The number of carbonyl (C=O) groups is 1. The van der Waals surface area contributed by atoms with E-state index in [4.69, 9.17) is 4.74 Å². The van der Waals surface area contributed by atoms with Crippen molar-refractivity contribution in [3.05, 3.63) is 32.9 Å². The highest BCUT2D eigenvalue weighted by Gasteiger charge is 2.37. The monoisotopic (exact) mass is 385 g/mol. The molecule has 104 valence electrons. The van der Waals surface area contributed by atoms with Crippen LogP contribution in [0.15, 0.2) is 18.2 Å². The van der Waals surface area contributed by atoms with E-state index in [1.54, 1.807) is 0 Å². The molecule has 1 aliphatic rings. The van der Waals surface area contributed by atoms with Gasteiger partial charge >= 0.3 is 12.3 Å². The van der Waals surface area contributed by atoms with Crippen molar-refractivity contribution in [3.8, 4) is 0 Å². The largest absolute Gasteiger partial charge is 0.439 e. The molecule has 0 spiro atoms. The first-order chi connectivity index (χ1) is 8.82. The van der Waals surface area contributed by atoms with Gasteiger partial charge in [0.05, 0.1) is 11.6 Å². The van der Waals surface area contributed by atoms with Crippen LogP contribution in [0.25, 0.3) is 0 Å². The number of nitrogens with one attached hydrogen (secondary N) is 1. The number of carbonyl (C=O) groups excluding carboxylic acids is 1. The molecule has 1 fully saturated rings. The van der Waals surface area contributed by atoms with Crippen LogP contribution < -0.4 is 5.32 Å². The van der Waals surface area contributed by atoms with Gasteiger partial charge in [0, 0.05) is 9.13 Å². The lowest BCUT2D eigenvalue weighted by molar-refractivity contribution is -0.137. The number of halogens is 4. The molecular weight excluding hydrogens is 374 g/mol. The summed E-state index contributed by atoms with van der Waals surface area (Å²) >= 11 is 1.94. The van der Waals surface area contributed by atoms with Crippen LogP contribution in [0.3, 0.4) is 0 Å². The van der Waals surface area contributed by atoms with Gasteiger partial charge < -0.3 is 10.1 Å². The van der Waals surface area contributed by atoms with E-state index in [1.807, 2.05) is 29.5 Å². The maximum absolute atomic E-state index is 12.7. The second-order valence-corrected chi connectivity index (χ2v) is 5.38. The Morgan fingerprint density at radius 3 is 2.68 bits per heavy atom. The first-order valence-electron chi connectivity index (χ1n) is 5.66. The SMILES string of the molecule is CC[C@H]1NC(=O)O[C@@H]1c1cc(C(F)(F)F)ccc1I. The highest BCUT2D eigenvalue weighted by molar-refractivity contribution is 14.1. The van der Waals surface area contributed by atoms with E-state index in [-0.39, 0.29) is 6.04 Å². The van der Waals surface area contributed by atoms with Crippen LogP contribution >= 0.6 is 22.6 Å². The molecule has 0 aromatic heterocycles. The molecule has 1 heterocycles. The number of rotatable bonds is 2. The quantitative estimate of drug-likeness (QED) is 0.786. The summed E-state index contributed by atoms with van der Waals surface area (Å²) in [4.78, 5) is 11.2. The summed E-state index contributed by atoms with van der Waals surface area (Å²) in [6, 6.07) is 3.16. The highest BCUT2D eigenvalue weighted by atomic mass is 127. The summed E-state index contributed by atoms with van der Waals surface area (Å²) in [6.07, 6.45) is -5.09. The molecule has 0 saturated carbocycles. The summed E-state index contributed by atoms with van der Waals surface area (Å²) in [7, 11) is 0. The van der Waals surface area contributed by atoms with Gasteiger partial charge in [0.1, 0.15) is 6.10 Å². The van der Waals surface area contributed by atoms with Crippen molar-refractivity contribution >= 4 is 28.7 Å². The summed E-state index contributed by atoms with van der Waals surface area (Å²) in [5.74, 6) is 0. The number of ether oxygens (including phenoxy) is 1. The van der Waals surface area contributed by atoms with Crippen molar-refractivity contribution in [1.82, 2.24) is 5.32 Å². The topological polar surface area (TPSA) is 38.3 Å². The molecule has 1 aromatic rings. The Bertz CT molecular complexity index is 504. The Morgan fingerprint density at radius 2 is 2.11 bits per heavy atom. The molecule has 0 aliphatic carbocycles. The van der Waals surface area contributed by atoms with Crippen LogP contribution in [0.2, 0.25) is 0 Å². The molecule has 0 radical (unpaired) electrons. The van der Waals surface area contributed by atoms with Gasteiger partial charge in [-0.3, -0.25) is 0 Å². The van der Waals surface area contributed by atoms with Gasteiger partial charge in [0.2, 0.25) is 0 Å². The third-order valence-electron chi connectivity index (χ3n) is 2.97. The maximum Gasteiger partial charge on any atom is 0.416 e. The molecule has 3 nitrogen and oxygen atoms in total. The number of benzene rings is 1. The fourth-order valence-electron chi connectivity index (χ4n) is 1.99. The summed E-state index contributed by atoms with van der Waals surface area (Å²) in [5.41, 5.74) is -0.346. The summed E-state index contributed by atoms with van der Waals surface area (Å²) in [6.45, 7) is 1.84. The Kier molecular flexibility index (Phi) is 3.93. The predicted octanol–water partition coefficient (Wildman–Crippen LogP) is 3.87. The van der Waals surface area contributed by atoms with Crippen LogP contribution in [-0.4, -0.2) is 12.1 Å². The zero-order chi connectivity index (χ0) is 14.2. The van der Waals surface area contributed by atoms with Crippen LogP contribution in [0.4, 0.5) is 18.0 Å². The molecule has 1 N–H and O–H groups in total. The van der Waals surface area contributed by atoms with E-state index in [9.17, 15) is 18.0 Å². The maximum atomic E-state index is 12.7. The standard InChI is InChI=1S/C12H11F3INO2/c1-2-9-10(19-11(18)17-9)7-5-6(12(13,14)15)3-4-8(7)16/h3-5,9-10H,2H2,1H3,(H,17,18)/t9-,10-/m1/s1. The fraction of sp³-hybridized carbons (Fsp3) is 0.417. The van der Waals surface area contributed by atoms with Crippen LogP contribution in [0, 0.1) is 3.57 Å². The number of hydrogen-bond donors (Lipinski definition) is 1. The second-order valence-electron chi connectivity index (χ2n) is 4.22. The Labute approximate surface area is 121 Å². The first-order valence-corrected chi connectivity index (χ1v) is 6.74. The molecule has 0 bridgehead atoms. The highest BCUT2D eigenvalue weighted by Crippen LogP contribution is 2.36. The first kappa shape index (κ1) is 14.4. The zero-order valence-corrected chi connectivity index (χ0v) is 12.1. The third kappa shape index (κ3) is 2.96. The number of cyclic esters (lactones) is 1. The number of hydrogen-bond acceptors (Lipinski definition) is 2. The average molecular weight is 385 g/mol. The van der Waals surface area contributed by atoms with Crippen LogP contribution in [0.1, 0.15) is 30.6 Å². The Hall–Kier alpha value is -0.990. The zero-order valence-electron chi connectivity index (χ0n) is 9.92. The van der Waals surface area contributed by atoms with E-state index in [2.05, 4.69) is 5.32 Å². The van der Waals surface area contributed by atoms with Gasteiger partial charge in [-0.25, -0.2) is 4.79 Å². The Morgan fingerprint density at radius 1 is 1.42 bits per heavy atom. The van der Waals surface area contributed by atoms with Crippen molar-refractivity contribution in [3.63, 3.8) is 0 Å². The van der Waals surface area contributed by atoms with E-state index in [0.717, 1.165) is 12.1 Å². The predicted molar refractivity (Wildman–Crippen MR) is 70.6 cm³/mol. The van der Waals surface area contributed by atoms with E-state index < -0.39 is 23.9 Å². The minimum atomic E-state index is -4.41. The summed E-state index contributed by atoms with van der Waals surface area (Å²) < 4.78 is 43.9. The average Bonchev–Trinajstić information content (AvgIpc) is 2.69. The lowest BCUT2D eigenvalue weighted by Gasteiger charge is -2.18. The molecule has 1 aromatic carbocycles. The summed E-state index contributed by atoms with van der Waals surface area (Å²) in [5, 5.41) is 2.59. The molecule has 7 heteroatoms. The Balaban J connectivity index is 2.41. The minimum Gasteiger partial charge on any atom is -0.439 e. The van der Waals surface area contributed by atoms with E-state index >= 15 is 0 Å². The van der Waals surface area contributed by atoms with Crippen molar-refractivity contribution in [2.45, 2.75) is 31.7 Å². The molecule has 2 atom stereocenters. The van der Waals surface area contributed by atoms with Crippen molar-refractivity contribution in [2.75, 3.05) is 0 Å². The lowest BCUT2D eigenvalue weighted by Crippen LogP contribution is -2.27. The number of alkyl halides is 3. The normalized spacial score (nSPS) is 23.1. The molecular formula is C12H11F3INO2. The van der Waals surface area contributed by atoms with Crippen LogP contribution in [-0.2, 0) is 10.9 Å². The van der Waals surface area contributed by atoms with Gasteiger partial charge in [-0.2, -0.15) is 13.2 Å². The van der Waals surface area contributed by atoms with Gasteiger partial charge in [0.15, 0.2) is 0 Å². The smallest absolute Gasteiger partial charge is 0.416 e. The fourth-order valence-corrected chi connectivity index (χ4v) is 2.64. The van der Waals surface area contributed by atoms with Crippen molar-refractivity contribution in [2.24, 2.45) is 0 Å². The molecule has 1 saturated heterocycles. The van der Waals surface area contributed by atoms with E-state index in [0.29, 0.717) is 15.6 Å². The molecule has 1 aliphatic heterocycles. The number of alkyl carbamates (subject to hydrolysis) is 1. The van der Waals surface area contributed by atoms with Gasteiger partial charge in [-0.1, -0.05) is 6.92 Å². The third-order valence-corrected chi connectivity index (χ3v) is 3.95. The van der Waals surface area contributed by atoms with Gasteiger partial charge in [0.25, 0.3) is 0 Å². The van der Waals surface area contributed by atoms with Gasteiger partial charge in [-0.15, -0.1) is 0 Å². The van der Waals surface area contributed by atoms with Crippen molar-refractivity contribution < 1.29 is 22.7 Å². The molecule has 2 rings (SSSR count). The number of amides is 1.